The van der Waals surface area contributed by atoms with E-state index in [9.17, 15) is 14.7 Å². The molecule has 7 heteroatoms. The first-order chi connectivity index (χ1) is 13.9. The van der Waals surface area contributed by atoms with Crippen LogP contribution in [0.15, 0.2) is 71.3 Å². The smallest absolute Gasteiger partial charge is 0.294 e. The van der Waals surface area contributed by atoms with E-state index in [1.54, 1.807) is 47.8 Å². The molecule has 146 valence electrons. The van der Waals surface area contributed by atoms with Gasteiger partial charge in [0.1, 0.15) is 0 Å². The van der Waals surface area contributed by atoms with Gasteiger partial charge in [-0.1, -0.05) is 53.0 Å². The number of amides is 1. The van der Waals surface area contributed by atoms with Crippen LogP contribution in [0.3, 0.4) is 0 Å². The Morgan fingerprint density at radius 2 is 1.79 bits per heavy atom. The van der Waals surface area contributed by atoms with E-state index in [2.05, 4.69) is 0 Å². The standard InChI is InChI=1S/C22H15Cl2NO3S/c1-12-4-7-14(8-5-12)25-19(13-6-9-15(23)16(24)11-13)18(21(27)22(25)28)20(26)17-3-2-10-29-17/h2-11,19,27H,1H3. The van der Waals surface area contributed by atoms with Crippen LogP contribution in [-0.4, -0.2) is 16.8 Å². The summed E-state index contributed by atoms with van der Waals surface area (Å²) in [6.07, 6.45) is 0. The predicted octanol–water partition coefficient (Wildman–Crippen LogP) is 6.15. The molecule has 0 aliphatic carbocycles. The summed E-state index contributed by atoms with van der Waals surface area (Å²) in [4.78, 5) is 28.1. The number of hydrogen-bond donors (Lipinski definition) is 1. The summed E-state index contributed by atoms with van der Waals surface area (Å²) in [5, 5.41) is 13.1. The van der Waals surface area contributed by atoms with Crippen LogP contribution in [0, 0.1) is 6.92 Å². The van der Waals surface area contributed by atoms with E-state index in [4.69, 9.17) is 23.2 Å². The summed E-state index contributed by atoms with van der Waals surface area (Å²) >= 11 is 13.5. The molecule has 0 spiro atoms. The second kappa shape index (κ2) is 7.67. The van der Waals surface area contributed by atoms with Gasteiger partial charge in [-0.05, 0) is 48.2 Å². The zero-order valence-corrected chi connectivity index (χ0v) is 17.6. The van der Waals surface area contributed by atoms with Gasteiger partial charge in [-0.25, -0.2) is 0 Å². The Balaban J connectivity index is 1.90. The molecule has 4 nitrogen and oxygen atoms in total. The number of halogens is 2. The van der Waals surface area contributed by atoms with Crippen LogP contribution in [-0.2, 0) is 4.79 Å². The van der Waals surface area contributed by atoms with Gasteiger partial charge in [-0.2, -0.15) is 0 Å². The van der Waals surface area contributed by atoms with Crippen LogP contribution in [0.2, 0.25) is 10.0 Å². The fourth-order valence-corrected chi connectivity index (χ4v) is 4.33. The van der Waals surface area contributed by atoms with Crippen molar-refractivity contribution in [3.05, 3.63) is 97.4 Å². The lowest BCUT2D eigenvalue weighted by molar-refractivity contribution is -0.117. The summed E-state index contributed by atoms with van der Waals surface area (Å²) in [5.74, 6) is -1.58. The third kappa shape index (κ3) is 3.46. The van der Waals surface area contributed by atoms with Crippen LogP contribution < -0.4 is 4.90 Å². The van der Waals surface area contributed by atoms with Crippen LogP contribution in [0.5, 0.6) is 0 Å². The van der Waals surface area contributed by atoms with Crippen molar-refractivity contribution in [1.29, 1.82) is 0 Å². The van der Waals surface area contributed by atoms with Crippen LogP contribution >= 0.6 is 34.5 Å². The van der Waals surface area contributed by atoms with Crippen molar-refractivity contribution in [3.63, 3.8) is 0 Å². The number of benzene rings is 2. The van der Waals surface area contributed by atoms with Gasteiger partial charge in [0.15, 0.2) is 5.76 Å². The summed E-state index contributed by atoms with van der Waals surface area (Å²) in [5.41, 5.74) is 2.20. The van der Waals surface area contributed by atoms with E-state index in [-0.39, 0.29) is 5.57 Å². The minimum absolute atomic E-state index is 0.0245. The lowest BCUT2D eigenvalue weighted by Crippen LogP contribution is -2.31. The molecule has 1 atom stereocenters. The molecule has 1 aliphatic heterocycles. The largest absolute Gasteiger partial charge is 0.503 e. The van der Waals surface area contributed by atoms with Crippen LogP contribution in [0.4, 0.5) is 5.69 Å². The van der Waals surface area contributed by atoms with Crippen molar-refractivity contribution in [3.8, 4) is 0 Å². The van der Waals surface area contributed by atoms with Crippen molar-refractivity contribution in [2.45, 2.75) is 13.0 Å². The number of aliphatic hydroxyl groups is 1. The van der Waals surface area contributed by atoms with Gasteiger partial charge < -0.3 is 5.11 Å². The van der Waals surface area contributed by atoms with E-state index in [0.29, 0.717) is 26.2 Å². The van der Waals surface area contributed by atoms with Gasteiger partial charge in [0.05, 0.1) is 26.5 Å². The van der Waals surface area contributed by atoms with Crippen LogP contribution in [0.25, 0.3) is 0 Å². The molecule has 0 saturated carbocycles. The average molecular weight is 444 g/mol. The number of hydrogen-bond acceptors (Lipinski definition) is 4. The van der Waals surface area contributed by atoms with Crippen LogP contribution in [0.1, 0.15) is 26.8 Å². The Hall–Kier alpha value is -2.60. The van der Waals surface area contributed by atoms with Crippen molar-refractivity contribution in [1.82, 2.24) is 0 Å². The third-order valence-electron chi connectivity index (χ3n) is 4.77. The van der Waals surface area contributed by atoms with Gasteiger partial charge in [0.25, 0.3) is 5.91 Å². The molecular formula is C22H15Cl2NO3S. The third-order valence-corrected chi connectivity index (χ3v) is 6.38. The fourth-order valence-electron chi connectivity index (χ4n) is 3.35. The first-order valence-electron chi connectivity index (χ1n) is 8.75. The van der Waals surface area contributed by atoms with Gasteiger partial charge >= 0.3 is 0 Å². The molecule has 1 amide bonds. The first kappa shape index (κ1) is 19.7. The number of carbonyl (C=O) groups is 2. The minimum atomic E-state index is -0.824. The van der Waals surface area contributed by atoms with E-state index in [0.717, 1.165) is 5.56 Å². The summed E-state index contributed by atoms with van der Waals surface area (Å²) in [7, 11) is 0. The van der Waals surface area contributed by atoms with Gasteiger partial charge in [-0.15, -0.1) is 11.3 Å². The molecule has 0 saturated heterocycles. The lowest BCUT2D eigenvalue weighted by Gasteiger charge is -2.27. The molecule has 1 aromatic heterocycles. The number of carbonyl (C=O) groups excluding carboxylic acids is 2. The highest BCUT2D eigenvalue weighted by Crippen LogP contribution is 2.43. The van der Waals surface area contributed by atoms with Crippen molar-refractivity contribution in [2.24, 2.45) is 0 Å². The normalized spacial score (nSPS) is 16.6. The second-order valence-corrected chi connectivity index (χ2v) is 8.42. The SMILES string of the molecule is Cc1ccc(N2C(=O)C(O)=C(C(=O)c3cccs3)C2c2ccc(Cl)c(Cl)c2)cc1. The quantitative estimate of drug-likeness (QED) is 0.492. The summed E-state index contributed by atoms with van der Waals surface area (Å²) < 4.78 is 0. The summed E-state index contributed by atoms with van der Waals surface area (Å²) in [6.45, 7) is 1.94. The number of ketones is 1. The topological polar surface area (TPSA) is 57.6 Å². The Morgan fingerprint density at radius 1 is 1.07 bits per heavy atom. The summed E-state index contributed by atoms with van der Waals surface area (Å²) in [6, 6.07) is 14.8. The molecule has 0 bridgehead atoms. The molecule has 29 heavy (non-hydrogen) atoms. The lowest BCUT2D eigenvalue weighted by atomic mass is 9.95. The molecule has 2 aromatic carbocycles. The molecule has 3 aromatic rings. The molecule has 1 N–H and O–H groups in total. The molecule has 0 radical (unpaired) electrons. The highest BCUT2D eigenvalue weighted by molar-refractivity contribution is 7.12. The van der Waals surface area contributed by atoms with Crippen molar-refractivity contribution >= 4 is 51.9 Å². The Morgan fingerprint density at radius 3 is 2.41 bits per heavy atom. The predicted molar refractivity (Wildman–Crippen MR) is 116 cm³/mol. The number of anilines is 1. The molecular weight excluding hydrogens is 429 g/mol. The highest BCUT2D eigenvalue weighted by Gasteiger charge is 2.44. The fraction of sp³-hybridized carbons (Fsp3) is 0.0909. The van der Waals surface area contributed by atoms with Crippen molar-refractivity contribution in [2.75, 3.05) is 4.90 Å². The minimum Gasteiger partial charge on any atom is -0.503 e. The zero-order chi connectivity index (χ0) is 20.7. The number of aryl methyl sites for hydroxylation is 1. The van der Waals surface area contributed by atoms with E-state index >= 15 is 0 Å². The van der Waals surface area contributed by atoms with Gasteiger partial charge in [-0.3, -0.25) is 14.5 Å². The second-order valence-electron chi connectivity index (χ2n) is 6.66. The van der Waals surface area contributed by atoms with Gasteiger partial charge in [0, 0.05) is 5.69 Å². The van der Waals surface area contributed by atoms with E-state index < -0.39 is 23.5 Å². The average Bonchev–Trinajstić information content (AvgIpc) is 3.32. The van der Waals surface area contributed by atoms with E-state index in [1.807, 2.05) is 19.1 Å². The monoisotopic (exact) mass is 443 g/mol. The Labute approximate surface area is 181 Å². The maximum absolute atomic E-state index is 13.2. The van der Waals surface area contributed by atoms with E-state index in [1.165, 1.54) is 16.2 Å². The first-order valence-corrected chi connectivity index (χ1v) is 10.4. The zero-order valence-electron chi connectivity index (χ0n) is 15.2. The number of nitrogens with zero attached hydrogens (tertiary/aromatic N) is 1. The number of thiophene rings is 1. The maximum Gasteiger partial charge on any atom is 0.294 e. The molecule has 0 fully saturated rings. The number of rotatable bonds is 4. The van der Waals surface area contributed by atoms with Crippen molar-refractivity contribution < 1.29 is 14.7 Å². The Bertz CT molecular complexity index is 1140. The number of aliphatic hydroxyl groups excluding tert-OH is 1. The van der Waals surface area contributed by atoms with Gasteiger partial charge in [0.2, 0.25) is 5.78 Å². The number of Topliss-reactive ketones (excluding diaryl/α,β-unsaturated/α-hetero) is 1. The molecule has 1 aliphatic rings. The maximum atomic E-state index is 13.2. The molecule has 1 unspecified atom stereocenters. The molecule has 2 heterocycles. The highest BCUT2D eigenvalue weighted by atomic mass is 35.5. The Kier molecular flexibility index (Phi) is 5.21. The molecule has 4 rings (SSSR count).